The highest BCUT2D eigenvalue weighted by molar-refractivity contribution is 7.99. The minimum absolute atomic E-state index is 0.123. The minimum Gasteiger partial charge on any atom is -0.325 e. The molecule has 0 aliphatic carbocycles. The van der Waals surface area contributed by atoms with E-state index in [-0.39, 0.29) is 16.6 Å². The molecule has 0 atom stereocenters. The predicted octanol–water partition coefficient (Wildman–Crippen LogP) is 2.49. The average Bonchev–Trinajstić information content (AvgIpc) is 3.09. The number of amides is 1. The molecule has 10 heteroatoms. The van der Waals surface area contributed by atoms with Crippen LogP contribution in [-0.4, -0.2) is 46.1 Å². The largest absolute Gasteiger partial charge is 0.325 e. The van der Waals surface area contributed by atoms with Gasteiger partial charge in [-0.25, -0.2) is 8.42 Å². The van der Waals surface area contributed by atoms with Gasteiger partial charge in [0.05, 0.1) is 10.6 Å². The topological polar surface area (TPSA) is 107 Å². The molecule has 8 nitrogen and oxygen atoms in total. The first-order chi connectivity index (χ1) is 13.4. The Kier molecular flexibility index (Phi) is 6.10. The lowest BCUT2D eigenvalue weighted by Crippen LogP contribution is -2.15. The first kappa shape index (κ1) is 20.0. The van der Waals surface area contributed by atoms with Crippen molar-refractivity contribution in [2.24, 2.45) is 0 Å². The average molecular weight is 418 g/mol. The molecule has 1 aromatic carbocycles. The molecule has 3 aromatic rings. The zero-order valence-corrected chi connectivity index (χ0v) is 17.0. The van der Waals surface area contributed by atoms with Crippen molar-refractivity contribution in [2.45, 2.75) is 23.5 Å². The molecule has 28 heavy (non-hydrogen) atoms. The van der Waals surface area contributed by atoms with E-state index in [2.05, 4.69) is 20.5 Å². The Balaban J connectivity index is 1.68. The van der Waals surface area contributed by atoms with E-state index >= 15 is 0 Å². The molecule has 1 amide bonds. The number of anilines is 1. The fourth-order valence-corrected chi connectivity index (χ4v) is 4.00. The molecule has 0 aliphatic rings. The third kappa shape index (κ3) is 4.76. The van der Waals surface area contributed by atoms with E-state index in [0.717, 1.165) is 11.8 Å². The summed E-state index contributed by atoms with van der Waals surface area (Å²) in [4.78, 5) is 16.4. The first-order valence-corrected chi connectivity index (χ1v) is 11.3. The summed E-state index contributed by atoms with van der Waals surface area (Å²) in [6.07, 6.45) is 4.51. The van der Waals surface area contributed by atoms with Gasteiger partial charge in [-0.2, -0.15) is 0 Å². The number of nitrogens with zero attached hydrogens (tertiary/aromatic N) is 4. The van der Waals surface area contributed by atoms with Crippen LogP contribution in [0.25, 0.3) is 11.4 Å². The minimum atomic E-state index is -3.33. The van der Waals surface area contributed by atoms with Crippen LogP contribution in [0.4, 0.5) is 5.69 Å². The number of hydrogen-bond acceptors (Lipinski definition) is 7. The van der Waals surface area contributed by atoms with Gasteiger partial charge in [0.1, 0.15) is 0 Å². The summed E-state index contributed by atoms with van der Waals surface area (Å²) in [5, 5.41) is 11.8. The smallest absolute Gasteiger partial charge is 0.234 e. The Labute approximate surface area is 167 Å². The standard InChI is InChI=1S/C18H19N5O3S2/c1-3-23-17(13-7-9-19-10-8-13)21-22-18(23)27-12-16(24)20-14-5-4-6-15(11-14)28(2,25)26/h4-11H,3,12H2,1-2H3,(H,20,24). The monoisotopic (exact) mass is 417 g/mol. The maximum absolute atomic E-state index is 12.3. The lowest BCUT2D eigenvalue weighted by Gasteiger charge is -2.08. The van der Waals surface area contributed by atoms with Crippen LogP contribution in [0.3, 0.4) is 0 Å². The van der Waals surface area contributed by atoms with Crippen LogP contribution in [0, 0.1) is 0 Å². The highest BCUT2D eigenvalue weighted by Gasteiger charge is 2.15. The highest BCUT2D eigenvalue weighted by atomic mass is 32.2. The van der Waals surface area contributed by atoms with E-state index in [1.54, 1.807) is 24.5 Å². The zero-order chi connectivity index (χ0) is 20.1. The van der Waals surface area contributed by atoms with Gasteiger partial charge < -0.3 is 9.88 Å². The Bertz CT molecular complexity index is 1080. The molecule has 0 saturated carbocycles. The summed E-state index contributed by atoms with van der Waals surface area (Å²) < 4.78 is 25.2. The second kappa shape index (κ2) is 8.53. The van der Waals surface area contributed by atoms with E-state index in [9.17, 15) is 13.2 Å². The molecule has 0 saturated heterocycles. The predicted molar refractivity (Wildman–Crippen MR) is 108 cm³/mol. The summed E-state index contributed by atoms with van der Waals surface area (Å²) >= 11 is 1.27. The molecule has 3 rings (SSSR count). The SMILES string of the molecule is CCn1c(SCC(=O)Nc2cccc(S(C)(=O)=O)c2)nnc1-c1ccncc1. The zero-order valence-electron chi connectivity index (χ0n) is 15.4. The number of benzene rings is 1. The number of rotatable bonds is 7. The number of aromatic nitrogens is 4. The number of hydrogen-bond donors (Lipinski definition) is 1. The van der Waals surface area contributed by atoms with Gasteiger partial charge in [0.15, 0.2) is 20.8 Å². The Morgan fingerprint density at radius 3 is 2.61 bits per heavy atom. The van der Waals surface area contributed by atoms with Gasteiger partial charge in [0.2, 0.25) is 5.91 Å². The Morgan fingerprint density at radius 1 is 1.18 bits per heavy atom. The van der Waals surface area contributed by atoms with E-state index < -0.39 is 9.84 Å². The fraction of sp³-hybridized carbons (Fsp3) is 0.222. The van der Waals surface area contributed by atoms with Crippen LogP contribution < -0.4 is 5.32 Å². The third-order valence-corrected chi connectivity index (χ3v) is 5.93. The molecule has 0 bridgehead atoms. The molecule has 1 N–H and O–H groups in total. The van der Waals surface area contributed by atoms with Gasteiger partial charge in [-0.15, -0.1) is 10.2 Å². The van der Waals surface area contributed by atoms with Gasteiger partial charge in [-0.3, -0.25) is 9.78 Å². The molecule has 0 unspecified atom stereocenters. The first-order valence-electron chi connectivity index (χ1n) is 8.45. The van der Waals surface area contributed by atoms with Gasteiger partial charge >= 0.3 is 0 Å². The number of carbonyl (C=O) groups excluding carboxylic acids is 1. The molecule has 2 aromatic heterocycles. The van der Waals surface area contributed by atoms with Crippen molar-refractivity contribution in [2.75, 3.05) is 17.3 Å². The van der Waals surface area contributed by atoms with Crippen LogP contribution in [0.1, 0.15) is 6.92 Å². The summed E-state index contributed by atoms with van der Waals surface area (Å²) in [5.41, 5.74) is 1.33. The van der Waals surface area contributed by atoms with Crippen molar-refractivity contribution in [3.8, 4) is 11.4 Å². The quantitative estimate of drug-likeness (QED) is 0.589. The number of pyridine rings is 1. The van der Waals surface area contributed by atoms with E-state index in [4.69, 9.17) is 0 Å². The lowest BCUT2D eigenvalue weighted by molar-refractivity contribution is -0.113. The second-order valence-corrected chi connectivity index (χ2v) is 8.88. The van der Waals surface area contributed by atoms with Crippen molar-refractivity contribution < 1.29 is 13.2 Å². The van der Waals surface area contributed by atoms with Crippen molar-refractivity contribution >= 4 is 33.2 Å². The van der Waals surface area contributed by atoms with Crippen LogP contribution in [-0.2, 0) is 21.2 Å². The summed E-state index contributed by atoms with van der Waals surface area (Å²) in [6, 6.07) is 9.87. The van der Waals surface area contributed by atoms with Gasteiger partial charge in [-0.1, -0.05) is 17.8 Å². The van der Waals surface area contributed by atoms with Crippen molar-refractivity contribution in [1.82, 2.24) is 19.7 Å². The van der Waals surface area contributed by atoms with Crippen LogP contribution in [0.15, 0.2) is 58.8 Å². The normalized spacial score (nSPS) is 11.4. The van der Waals surface area contributed by atoms with Crippen LogP contribution in [0.5, 0.6) is 0 Å². The van der Waals surface area contributed by atoms with E-state index in [1.807, 2.05) is 23.6 Å². The molecule has 146 valence electrons. The van der Waals surface area contributed by atoms with Crippen molar-refractivity contribution in [1.29, 1.82) is 0 Å². The third-order valence-electron chi connectivity index (χ3n) is 3.85. The summed E-state index contributed by atoms with van der Waals surface area (Å²) in [7, 11) is -3.33. The number of nitrogens with one attached hydrogen (secondary N) is 1. The molecule has 0 aliphatic heterocycles. The molecular weight excluding hydrogens is 398 g/mol. The Hall–Kier alpha value is -2.72. The maximum Gasteiger partial charge on any atom is 0.234 e. The fourth-order valence-electron chi connectivity index (χ4n) is 2.53. The number of sulfone groups is 1. The number of thioether (sulfide) groups is 1. The van der Waals surface area contributed by atoms with Crippen molar-refractivity contribution in [3.05, 3.63) is 48.8 Å². The number of carbonyl (C=O) groups is 1. The second-order valence-electron chi connectivity index (χ2n) is 5.92. The molecule has 0 radical (unpaired) electrons. The highest BCUT2D eigenvalue weighted by Crippen LogP contribution is 2.24. The summed E-state index contributed by atoms with van der Waals surface area (Å²) in [6.45, 7) is 2.64. The van der Waals surface area contributed by atoms with Gasteiger partial charge in [0, 0.05) is 36.4 Å². The Morgan fingerprint density at radius 2 is 1.93 bits per heavy atom. The molecule has 0 spiro atoms. The van der Waals surface area contributed by atoms with Gasteiger partial charge in [-0.05, 0) is 37.3 Å². The van der Waals surface area contributed by atoms with Crippen LogP contribution in [0.2, 0.25) is 0 Å². The maximum atomic E-state index is 12.3. The van der Waals surface area contributed by atoms with Crippen molar-refractivity contribution in [3.63, 3.8) is 0 Å². The summed E-state index contributed by atoms with van der Waals surface area (Å²) in [5.74, 6) is 0.581. The molecule has 0 fully saturated rings. The van der Waals surface area contributed by atoms with Gasteiger partial charge in [0.25, 0.3) is 0 Å². The molecule has 2 heterocycles. The van der Waals surface area contributed by atoms with Crippen LogP contribution >= 0.6 is 11.8 Å². The van der Waals surface area contributed by atoms with E-state index in [1.165, 1.54) is 23.9 Å². The molecular formula is C18H19N5O3S2. The lowest BCUT2D eigenvalue weighted by atomic mass is 10.2. The van der Waals surface area contributed by atoms with E-state index in [0.29, 0.717) is 23.2 Å².